The summed E-state index contributed by atoms with van der Waals surface area (Å²) in [5, 5.41) is 9.86. The topological polar surface area (TPSA) is 104 Å². The number of nitrogens with zero attached hydrogens (tertiary/aromatic N) is 2. The van der Waals surface area contributed by atoms with Crippen LogP contribution in [-0.4, -0.2) is 69.4 Å². The van der Waals surface area contributed by atoms with Gasteiger partial charge in [-0.25, -0.2) is 16.8 Å². The highest BCUT2D eigenvalue weighted by Crippen LogP contribution is 2.34. The first-order chi connectivity index (χ1) is 18.9. The molecule has 0 aliphatic carbocycles. The van der Waals surface area contributed by atoms with Crippen LogP contribution in [0.5, 0.6) is 5.75 Å². The Kier molecular flexibility index (Phi) is 9.02. The fraction of sp³-hybridized carbons (Fsp3) is 0.333. The minimum atomic E-state index is -4.03. The van der Waals surface area contributed by atoms with Gasteiger partial charge in [-0.15, -0.1) is 0 Å². The summed E-state index contributed by atoms with van der Waals surface area (Å²) in [5.41, 5.74) is 2.30. The molecule has 0 amide bonds. The smallest absolute Gasteiger partial charge is 0.247 e. The first-order valence-corrected chi connectivity index (χ1v) is 15.8. The van der Waals surface area contributed by atoms with E-state index in [4.69, 9.17) is 4.74 Å². The van der Waals surface area contributed by atoms with E-state index in [1.165, 1.54) is 21.7 Å². The van der Waals surface area contributed by atoms with E-state index in [1.807, 2.05) is 44.2 Å². The van der Waals surface area contributed by atoms with Crippen LogP contribution in [0.15, 0.2) is 82.6 Å². The number of ether oxygens (including phenoxy) is 1. The lowest BCUT2D eigenvalue weighted by Crippen LogP contribution is -2.50. The molecule has 1 N–H and O–H groups in total. The molecule has 1 heterocycles. The van der Waals surface area contributed by atoms with Crippen LogP contribution in [0.3, 0.4) is 0 Å². The first kappa shape index (κ1) is 29.8. The zero-order chi connectivity index (χ0) is 29.1. The van der Waals surface area contributed by atoms with Gasteiger partial charge in [0.2, 0.25) is 20.0 Å². The normalized spacial score (nSPS) is 19.9. The third-order valence-electron chi connectivity index (χ3n) is 6.96. The van der Waals surface area contributed by atoms with Crippen molar-refractivity contribution in [3.05, 3.63) is 89.5 Å². The molecular weight excluding hydrogens is 548 g/mol. The van der Waals surface area contributed by atoms with Gasteiger partial charge in [-0.2, -0.15) is 8.61 Å². The van der Waals surface area contributed by atoms with E-state index in [-0.39, 0.29) is 35.2 Å². The summed E-state index contributed by atoms with van der Waals surface area (Å²) in [6.07, 6.45) is -0.690. The second kappa shape index (κ2) is 12.1. The van der Waals surface area contributed by atoms with Crippen molar-refractivity contribution in [2.45, 2.75) is 42.7 Å². The number of likely N-dealkylation sites (N-methyl/N-ethyl adjacent to an activating group) is 1. The van der Waals surface area contributed by atoms with E-state index in [2.05, 4.69) is 11.8 Å². The summed E-state index contributed by atoms with van der Waals surface area (Å²) in [6.45, 7) is 4.99. The number of fused-ring (bicyclic) bond motifs is 1. The minimum Gasteiger partial charge on any atom is -0.487 e. The molecule has 0 aromatic heterocycles. The number of hydrogen-bond donors (Lipinski definition) is 1. The molecule has 0 saturated carbocycles. The summed E-state index contributed by atoms with van der Waals surface area (Å²) in [5.74, 6) is 5.79. The summed E-state index contributed by atoms with van der Waals surface area (Å²) in [4.78, 5) is 0.107. The number of benzene rings is 3. The molecule has 3 aromatic rings. The molecule has 0 radical (unpaired) electrons. The molecule has 0 spiro atoms. The van der Waals surface area contributed by atoms with Gasteiger partial charge < -0.3 is 9.84 Å². The molecule has 10 heteroatoms. The Labute approximate surface area is 237 Å². The van der Waals surface area contributed by atoms with E-state index in [0.29, 0.717) is 5.56 Å². The summed E-state index contributed by atoms with van der Waals surface area (Å²) in [7, 11) is -6.37. The lowest BCUT2D eigenvalue weighted by molar-refractivity contribution is 0.0904. The van der Waals surface area contributed by atoms with Crippen LogP contribution in [0.1, 0.15) is 30.5 Å². The molecule has 0 fully saturated rings. The molecule has 0 unspecified atom stereocenters. The second-order valence-electron chi connectivity index (χ2n) is 10.1. The lowest BCUT2D eigenvalue weighted by Gasteiger charge is -2.37. The van der Waals surface area contributed by atoms with Crippen LogP contribution < -0.4 is 4.74 Å². The van der Waals surface area contributed by atoms with Gasteiger partial charge in [-0.3, -0.25) is 0 Å². The molecule has 3 atom stereocenters. The predicted molar refractivity (Wildman–Crippen MR) is 154 cm³/mol. The minimum absolute atomic E-state index is 0.0157. The first-order valence-electron chi connectivity index (χ1n) is 13.0. The van der Waals surface area contributed by atoms with Crippen molar-refractivity contribution < 1.29 is 26.7 Å². The second-order valence-corrected chi connectivity index (χ2v) is 14.0. The van der Waals surface area contributed by atoms with Crippen LogP contribution in [0.25, 0.3) is 0 Å². The molecule has 212 valence electrons. The third kappa shape index (κ3) is 6.40. The number of aryl methyl sites for hydroxylation is 1. The molecule has 1 aliphatic heterocycles. The highest BCUT2D eigenvalue weighted by Gasteiger charge is 2.39. The number of aliphatic hydroxyl groups excluding tert-OH is 1. The molecular formula is C30H34N2O6S2. The summed E-state index contributed by atoms with van der Waals surface area (Å²) < 4.78 is 62.9. The van der Waals surface area contributed by atoms with E-state index in [0.717, 1.165) is 11.1 Å². The van der Waals surface area contributed by atoms with Crippen molar-refractivity contribution in [1.29, 1.82) is 0 Å². The van der Waals surface area contributed by atoms with Crippen molar-refractivity contribution in [2.24, 2.45) is 5.92 Å². The van der Waals surface area contributed by atoms with Gasteiger partial charge in [-0.05, 0) is 56.3 Å². The van der Waals surface area contributed by atoms with Crippen molar-refractivity contribution >= 4 is 20.0 Å². The largest absolute Gasteiger partial charge is 0.487 e. The van der Waals surface area contributed by atoms with Gasteiger partial charge in [0, 0.05) is 36.7 Å². The molecule has 3 aromatic carbocycles. The van der Waals surface area contributed by atoms with E-state index in [1.54, 1.807) is 43.3 Å². The zero-order valence-electron chi connectivity index (χ0n) is 23.0. The zero-order valence-corrected chi connectivity index (χ0v) is 24.6. The van der Waals surface area contributed by atoms with Gasteiger partial charge in [0.05, 0.1) is 18.0 Å². The summed E-state index contributed by atoms with van der Waals surface area (Å²) >= 11 is 0. The molecule has 1 aliphatic rings. The Morgan fingerprint density at radius 2 is 1.70 bits per heavy atom. The van der Waals surface area contributed by atoms with Crippen LogP contribution in [0.4, 0.5) is 0 Å². The molecule has 0 saturated heterocycles. The fourth-order valence-electron chi connectivity index (χ4n) is 4.43. The standard InChI is InChI=1S/C30H34N2O6S2/c1-22-10-15-27(16-11-22)39(34,35)31(4)20-29-23(2)19-32(24(3)21-33)40(36,37)30-17-14-26(18-28(30)38-29)13-12-25-8-6-5-7-9-25/h5-11,14-18,23-24,29,33H,19-21H2,1-4H3/t23-,24-,29+/m0/s1. The predicted octanol–water partition coefficient (Wildman–Crippen LogP) is 3.48. The quantitative estimate of drug-likeness (QED) is 0.447. The van der Waals surface area contributed by atoms with Crippen LogP contribution >= 0.6 is 0 Å². The Hall–Kier alpha value is -3.20. The Morgan fingerprint density at radius 3 is 2.35 bits per heavy atom. The van der Waals surface area contributed by atoms with Gasteiger partial charge in [-0.1, -0.05) is 54.7 Å². The van der Waals surface area contributed by atoms with Crippen LogP contribution in [-0.2, 0) is 20.0 Å². The van der Waals surface area contributed by atoms with Gasteiger partial charge in [0.15, 0.2) is 0 Å². The maximum atomic E-state index is 13.7. The Balaban J connectivity index is 1.74. The number of aliphatic hydroxyl groups is 1. The van der Waals surface area contributed by atoms with Gasteiger partial charge in [0.25, 0.3) is 0 Å². The van der Waals surface area contributed by atoms with Gasteiger partial charge in [0.1, 0.15) is 16.7 Å². The number of rotatable bonds is 6. The van der Waals surface area contributed by atoms with E-state index < -0.39 is 38.1 Å². The molecule has 0 bridgehead atoms. The van der Waals surface area contributed by atoms with Crippen molar-refractivity contribution in [2.75, 3.05) is 26.7 Å². The maximum Gasteiger partial charge on any atom is 0.247 e. The Morgan fingerprint density at radius 1 is 1.05 bits per heavy atom. The maximum absolute atomic E-state index is 13.7. The van der Waals surface area contributed by atoms with Gasteiger partial charge >= 0.3 is 0 Å². The molecule has 40 heavy (non-hydrogen) atoms. The van der Waals surface area contributed by atoms with Crippen molar-refractivity contribution in [3.63, 3.8) is 0 Å². The summed E-state index contributed by atoms with van der Waals surface area (Å²) in [6, 6.07) is 20.0. The highest BCUT2D eigenvalue weighted by molar-refractivity contribution is 7.89. The molecule has 4 rings (SSSR count). The Bertz CT molecular complexity index is 1610. The van der Waals surface area contributed by atoms with E-state index >= 15 is 0 Å². The lowest BCUT2D eigenvalue weighted by atomic mass is 10.0. The third-order valence-corrected chi connectivity index (χ3v) is 10.8. The SMILES string of the molecule is Cc1ccc(S(=O)(=O)N(C)C[C@H]2Oc3cc(C#Cc4ccccc4)ccc3S(=O)(=O)N([C@@H](C)CO)C[C@@H]2C)cc1. The van der Waals surface area contributed by atoms with Crippen LogP contribution in [0, 0.1) is 24.7 Å². The monoisotopic (exact) mass is 582 g/mol. The number of hydrogen-bond acceptors (Lipinski definition) is 6. The highest BCUT2D eigenvalue weighted by atomic mass is 32.2. The van der Waals surface area contributed by atoms with Crippen molar-refractivity contribution in [1.82, 2.24) is 8.61 Å². The fourth-order valence-corrected chi connectivity index (χ4v) is 7.44. The van der Waals surface area contributed by atoms with Crippen LogP contribution in [0.2, 0.25) is 0 Å². The number of sulfonamides is 2. The molecule has 8 nitrogen and oxygen atoms in total. The average molecular weight is 583 g/mol. The van der Waals surface area contributed by atoms with Crippen molar-refractivity contribution in [3.8, 4) is 17.6 Å². The average Bonchev–Trinajstić information content (AvgIpc) is 2.94. The van der Waals surface area contributed by atoms with E-state index in [9.17, 15) is 21.9 Å².